The lowest BCUT2D eigenvalue weighted by Gasteiger charge is -2.20. The van der Waals surface area contributed by atoms with E-state index in [4.69, 9.17) is 4.74 Å². The summed E-state index contributed by atoms with van der Waals surface area (Å²) >= 11 is 1.39. The Labute approximate surface area is 225 Å². The average molecular weight is 554 g/mol. The zero-order valence-electron chi connectivity index (χ0n) is 20.8. The minimum Gasteiger partial charge on any atom is -0.453 e. The van der Waals surface area contributed by atoms with Crippen molar-refractivity contribution in [2.45, 2.75) is 25.4 Å². The van der Waals surface area contributed by atoms with Crippen LogP contribution in [0.3, 0.4) is 0 Å². The van der Waals surface area contributed by atoms with Gasteiger partial charge in [-0.2, -0.15) is 13.2 Å². The van der Waals surface area contributed by atoms with Crippen molar-refractivity contribution in [3.05, 3.63) is 96.3 Å². The zero-order chi connectivity index (χ0) is 27.6. The molecule has 0 spiro atoms. The number of aromatic nitrogens is 3. The van der Waals surface area contributed by atoms with Crippen molar-refractivity contribution >= 4 is 27.3 Å². The molecule has 5 rings (SSSR count). The molecule has 0 bridgehead atoms. The third-order valence-electron chi connectivity index (χ3n) is 6.21. The predicted octanol–water partition coefficient (Wildman–Crippen LogP) is 7.55. The molecule has 1 atom stereocenters. The second-order valence-corrected chi connectivity index (χ2v) is 10.3. The topological polar surface area (TPSA) is 57.0 Å². The Morgan fingerprint density at radius 2 is 1.82 bits per heavy atom. The molecule has 0 fully saturated rings. The minimum absolute atomic E-state index is 0.0836. The van der Waals surface area contributed by atoms with Crippen molar-refractivity contribution < 1.29 is 27.1 Å². The Hall–Kier alpha value is -4.05. The van der Waals surface area contributed by atoms with Crippen LogP contribution in [-0.2, 0) is 24.7 Å². The Morgan fingerprint density at radius 1 is 1.03 bits per heavy atom. The highest BCUT2D eigenvalue weighted by Gasteiger charge is 2.40. The number of benzene rings is 2. The molecule has 0 aliphatic rings. The molecule has 0 amide bonds. The van der Waals surface area contributed by atoms with Crippen molar-refractivity contribution in [3.8, 4) is 22.1 Å². The molecule has 39 heavy (non-hydrogen) atoms. The summed E-state index contributed by atoms with van der Waals surface area (Å²) in [6.07, 6.45) is -0.787. The van der Waals surface area contributed by atoms with Crippen LogP contribution in [0.4, 0.5) is 17.6 Å². The van der Waals surface area contributed by atoms with E-state index in [0.717, 1.165) is 16.6 Å². The number of fused-ring (bicyclic) bond motifs is 1. The van der Waals surface area contributed by atoms with E-state index < -0.39 is 36.5 Å². The Balaban J connectivity index is 1.32. The Kier molecular flexibility index (Phi) is 7.47. The molecule has 0 aliphatic heterocycles. The molecule has 10 heteroatoms. The van der Waals surface area contributed by atoms with E-state index in [-0.39, 0.29) is 17.7 Å². The number of pyridine rings is 1. The first kappa shape index (κ1) is 26.6. The monoisotopic (exact) mass is 553 g/mol. The molecule has 2 aromatic carbocycles. The number of imidazole rings is 1. The van der Waals surface area contributed by atoms with Gasteiger partial charge in [-0.05, 0) is 35.7 Å². The van der Waals surface area contributed by atoms with E-state index in [1.54, 1.807) is 48.9 Å². The van der Waals surface area contributed by atoms with Crippen LogP contribution in [0, 0.1) is 11.7 Å². The van der Waals surface area contributed by atoms with Crippen LogP contribution >= 0.6 is 11.3 Å². The maximum Gasteiger partial charge on any atom is 0.392 e. The molecule has 0 saturated heterocycles. The first-order chi connectivity index (χ1) is 18.7. The molecule has 5 aromatic rings. The summed E-state index contributed by atoms with van der Waals surface area (Å²) < 4.78 is 64.6. The van der Waals surface area contributed by atoms with Crippen LogP contribution in [0.15, 0.2) is 79.4 Å². The summed E-state index contributed by atoms with van der Waals surface area (Å²) in [6, 6.07) is 15.8. The van der Waals surface area contributed by atoms with Crippen molar-refractivity contribution in [1.82, 2.24) is 14.5 Å². The Morgan fingerprint density at radius 3 is 2.51 bits per heavy atom. The number of alkyl halides is 3. The number of ether oxygens (including phenoxy) is 1. The van der Waals surface area contributed by atoms with Gasteiger partial charge in [-0.15, -0.1) is 11.3 Å². The fourth-order valence-electron chi connectivity index (χ4n) is 4.29. The highest BCUT2D eigenvalue weighted by atomic mass is 32.1. The maximum absolute atomic E-state index is 15.0. The molecule has 0 N–H and O–H groups in total. The van der Waals surface area contributed by atoms with Gasteiger partial charge in [-0.25, -0.2) is 9.37 Å². The van der Waals surface area contributed by atoms with Crippen LogP contribution in [0.1, 0.15) is 17.5 Å². The second kappa shape index (κ2) is 11.0. The second-order valence-electron chi connectivity index (χ2n) is 9.27. The third kappa shape index (κ3) is 6.34. The fourth-order valence-corrected chi connectivity index (χ4v) is 5.32. The van der Waals surface area contributed by atoms with Gasteiger partial charge in [0.15, 0.2) is 11.6 Å². The summed E-state index contributed by atoms with van der Waals surface area (Å²) in [4.78, 5) is 21.9. The highest BCUT2D eigenvalue weighted by Crippen LogP contribution is 2.39. The molecule has 1 unspecified atom stereocenters. The van der Waals surface area contributed by atoms with Crippen LogP contribution in [0.25, 0.3) is 20.8 Å². The summed E-state index contributed by atoms with van der Waals surface area (Å²) in [7, 11) is 1.86. The lowest BCUT2D eigenvalue weighted by atomic mass is 9.91. The van der Waals surface area contributed by atoms with Crippen LogP contribution in [0.5, 0.6) is 11.5 Å². The molecule has 200 valence electrons. The maximum atomic E-state index is 15.0. The fraction of sp³-hybridized carbons (Fsp3) is 0.207. The number of thiophene rings is 1. The van der Waals surface area contributed by atoms with Crippen LogP contribution < -0.4 is 4.74 Å². The molecule has 5 nitrogen and oxygen atoms in total. The number of ketones is 1. The van der Waals surface area contributed by atoms with Crippen molar-refractivity contribution in [3.63, 3.8) is 0 Å². The first-order valence-electron chi connectivity index (χ1n) is 12.1. The van der Waals surface area contributed by atoms with Crippen molar-refractivity contribution in [2.24, 2.45) is 13.0 Å². The van der Waals surface area contributed by atoms with Crippen LogP contribution in [0.2, 0.25) is 0 Å². The van der Waals surface area contributed by atoms with E-state index in [1.807, 2.05) is 23.9 Å². The largest absolute Gasteiger partial charge is 0.453 e. The number of carbonyl (C=O) groups excluding carboxylic acids is 1. The highest BCUT2D eigenvalue weighted by molar-refractivity contribution is 7.22. The van der Waals surface area contributed by atoms with E-state index in [9.17, 15) is 18.0 Å². The van der Waals surface area contributed by atoms with Gasteiger partial charge in [0.25, 0.3) is 0 Å². The molecule has 0 radical (unpaired) electrons. The third-order valence-corrected chi connectivity index (χ3v) is 7.37. The van der Waals surface area contributed by atoms with Gasteiger partial charge in [0.2, 0.25) is 0 Å². The molecule has 0 aliphatic carbocycles. The van der Waals surface area contributed by atoms with E-state index >= 15 is 4.39 Å². The minimum atomic E-state index is -4.61. The van der Waals surface area contributed by atoms with Gasteiger partial charge in [0.1, 0.15) is 11.5 Å². The summed E-state index contributed by atoms with van der Waals surface area (Å²) in [5, 5.41) is 0. The SMILES string of the molecule is Cn1cnc(-c2cc3nccc(Oc4ccc(CC(CC(=O)Cc5ccccc5)C(F)(F)F)cc4F)c3s2)c1. The van der Waals surface area contributed by atoms with Crippen molar-refractivity contribution in [2.75, 3.05) is 0 Å². The van der Waals surface area contributed by atoms with Gasteiger partial charge in [-0.1, -0.05) is 36.4 Å². The normalized spacial score (nSPS) is 12.5. The smallest absolute Gasteiger partial charge is 0.392 e. The van der Waals surface area contributed by atoms with Gasteiger partial charge in [0, 0.05) is 38.3 Å². The number of hydrogen-bond donors (Lipinski definition) is 0. The van der Waals surface area contributed by atoms with Crippen molar-refractivity contribution in [1.29, 1.82) is 0 Å². The lowest BCUT2D eigenvalue weighted by molar-refractivity contribution is -0.178. The van der Waals surface area contributed by atoms with Crippen LogP contribution in [-0.4, -0.2) is 26.5 Å². The van der Waals surface area contributed by atoms with Gasteiger partial charge in [0.05, 0.1) is 33.0 Å². The lowest BCUT2D eigenvalue weighted by Crippen LogP contribution is -2.28. The molecule has 3 heterocycles. The van der Waals surface area contributed by atoms with E-state index in [1.165, 1.54) is 23.5 Å². The number of Topliss-reactive ketones (excluding diaryl/α,β-unsaturated/α-hetero) is 1. The number of hydrogen-bond acceptors (Lipinski definition) is 5. The standard InChI is InChI=1S/C29H23F4N3O2S/c1-36-16-24(35-17-36)27-15-23-28(39-27)26(9-10-34-23)38-25-8-7-19(13-22(25)30)11-20(29(31,32)33)14-21(37)12-18-5-3-2-4-6-18/h2-10,13,15-17,20H,11-12,14H2,1H3. The predicted molar refractivity (Wildman–Crippen MR) is 141 cm³/mol. The number of aryl methyl sites for hydroxylation is 1. The van der Waals surface area contributed by atoms with E-state index in [2.05, 4.69) is 9.97 Å². The number of carbonyl (C=O) groups is 1. The molecular weight excluding hydrogens is 530 g/mol. The van der Waals surface area contributed by atoms with E-state index in [0.29, 0.717) is 21.5 Å². The first-order valence-corrected chi connectivity index (χ1v) is 12.9. The summed E-state index contributed by atoms with van der Waals surface area (Å²) in [5.41, 5.74) is 2.20. The average Bonchev–Trinajstić information content (AvgIpc) is 3.52. The van der Waals surface area contributed by atoms with Gasteiger partial charge in [-0.3, -0.25) is 9.78 Å². The number of rotatable bonds is 9. The zero-order valence-corrected chi connectivity index (χ0v) is 21.6. The molecule has 3 aromatic heterocycles. The quantitative estimate of drug-likeness (QED) is 0.177. The summed E-state index contributed by atoms with van der Waals surface area (Å²) in [5.74, 6) is -2.99. The molecular formula is C29H23F4N3O2S. The molecule has 0 saturated carbocycles. The number of halogens is 4. The Bertz CT molecular complexity index is 1610. The van der Waals surface area contributed by atoms with Gasteiger partial charge < -0.3 is 9.30 Å². The number of nitrogens with zero attached hydrogens (tertiary/aromatic N) is 3. The van der Waals surface area contributed by atoms with Gasteiger partial charge >= 0.3 is 6.18 Å². The summed E-state index contributed by atoms with van der Waals surface area (Å²) in [6.45, 7) is 0.